The molecule has 7 nitrogen and oxygen atoms in total. The molecule has 9 heteroatoms. The van der Waals surface area contributed by atoms with Crippen molar-refractivity contribution in [2.45, 2.75) is 6.42 Å². The molecule has 0 saturated carbocycles. The van der Waals surface area contributed by atoms with Crippen LogP contribution in [0.5, 0.6) is 0 Å². The molecule has 0 bridgehead atoms. The number of benzene rings is 1. The summed E-state index contributed by atoms with van der Waals surface area (Å²) in [6, 6.07) is 6.43. The molecule has 0 aliphatic rings. The van der Waals surface area contributed by atoms with Crippen molar-refractivity contribution in [3.05, 3.63) is 28.2 Å². The summed E-state index contributed by atoms with van der Waals surface area (Å²) in [4.78, 5) is 11.0. The maximum absolute atomic E-state index is 12.1. The summed E-state index contributed by atoms with van der Waals surface area (Å²) in [5.74, 6) is -0.489. The highest BCUT2D eigenvalue weighted by molar-refractivity contribution is 9.10. The second-order valence-corrected chi connectivity index (χ2v) is 6.69. The lowest BCUT2D eigenvalue weighted by Gasteiger charge is -2.18. The van der Waals surface area contributed by atoms with Crippen molar-refractivity contribution in [2.24, 2.45) is 0 Å². The highest BCUT2D eigenvalue weighted by Gasteiger charge is 2.19. The lowest BCUT2D eigenvalue weighted by atomic mass is 10.2. The zero-order chi connectivity index (χ0) is 16.0. The van der Waals surface area contributed by atoms with E-state index in [2.05, 4.69) is 25.4 Å². The zero-order valence-electron chi connectivity index (χ0n) is 11.5. The molecule has 1 aromatic rings. The fourth-order valence-electron chi connectivity index (χ4n) is 1.36. The minimum atomic E-state index is -3.80. The van der Waals surface area contributed by atoms with Crippen LogP contribution in [0, 0.1) is 11.3 Å². The number of carbonyl (C=O) groups excluding carboxylic acids is 1. The molecule has 0 unspecified atom stereocenters. The lowest BCUT2D eigenvalue weighted by Crippen LogP contribution is -2.34. The Hall–Kier alpha value is -1.63. The molecule has 1 aromatic carbocycles. The zero-order valence-corrected chi connectivity index (χ0v) is 13.9. The largest absolute Gasteiger partial charge is 0.469 e. The first-order valence-electron chi connectivity index (χ1n) is 5.80. The molecule has 0 spiro atoms. The summed E-state index contributed by atoms with van der Waals surface area (Å²) in [5, 5.41) is 8.76. The molecule has 0 radical (unpaired) electrons. The molecule has 1 rings (SSSR count). The third-order valence-corrected chi connectivity index (χ3v) is 4.74. The standard InChI is InChI=1S/C12H14BrN3O4S/c1-16(6-5-12(17)20-2)21(18,19)15-11-4-3-9(8-14)7-10(11)13/h3-4,7,15H,5-6H2,1-2H3. The van der Waals surface area contributed by atoms with Gasteiger partial charge in [-0.15, -0.1) is 0 Å². The number of nitriles is 1. The van der Waals surface area contributed by atoms with Crippen LogP contribution in [0.3, 0.4) is 0 Å². The van der Waals surface area contributed by atoms with Crippen LogP contribution in [0.25, 0.3) is 0 Å². The Morgan fingerprint density at radius 3 is 2.71 bits per heavy atom. The van der Waals surface area contributed by atoms with Gasteiger partial charge in [0.05, 0.1) is 30.9 Å². The predicted molar refractivity (Wildman–Crippen MR) is 80.7 cm³/mol. The second-order valence-electron chi connectivity index (χ2n) is 4.06. The Morgan fingerprint density at radius 2 is 2.19 bits per heavy atom. The van der Waals surface area contributed by atoms with Crippen molar-refractivity contribution in [2.75, 3.05) is 25.4 Å². The summed E-state index contributed by atoms with van der Waals surface area (Å²) in [6.07, 6.45) is -0.0392. The first-order chi connectivity index (χ1) is 9.80. The Labute approximate surface area is 131 Å². The van der Waals surface area contributed by atoms with Gasteiger partial charge >= 0.3 is 16.2 Å². The first kappa shape index (κ1) is 17.4. The minimum Gasteiger partial charge on any atom is -0.469 e. The van der Waals surface area contributed by atoms with E-state index in [1.54, 1.807) is 0 Å². The Balaban J connectivity index is 2.81. The van der Waals surface area contributed by atoms with Crippen LogP contribution in [-0.2, 0) is 19.7 Å². The number of rotatable bonds is 6. The lowest BCUT2D eigenvalue weighted by molar-refractivity contribution is -0.140. The number of nitrogens with zero attached hydrogens (tertiary/aromatic N) is 2. The van der Waals surface area contributed by atoms with Gasteiger partial charge in [0.1, 0.15) is 0 Å². The van der Waals surface area contributed by atoms with Crippen molar-refractivity contribution in [3.63, 3.8) is 0 Å². The Morgan fingerprint density at radius 1 is 1.52 bits per heavy atom. The van der Waals surface area contributed by atoms with Gasteiger partial charge < -0.3 is 4.74 Å². The number of ether oxygens (including phenoxy) is 1. The highest BCUT2D eigenvalue weighted by atomic mass is 79.9. The fraction of sp³-hybridized carbons (Fsp3) is 0.333. The van der Waals surface area contributed by atoms with Gasteiger partial charge in [0.2, 0.25) is 0 Å². The summed E-state index contributed by atoms with van der Waals surface area (Å²) in [7, 11) is -1.21. The van der Waals surface area contributed by atoms with Gasteiger partial charge in [-0.25, -0.2) is 0 Å². The molecule has 0 heterocycles. The summed E-state index contributed by atoms with van der Waals surface area (Å²) < 4.78 is 32.5. The minimum absolute atomic E-state index is 0.00406. The summed E-state index contributed by atoms with van der Waals surface area (Å²) in [5.41, 5.74) is 0.711. The molecule has 0 aromatic heterocycles. The average Bonchev–Trinajstić information content (AvgIpc) is 2.46. The third kappa shape index (κ3) is 5.00. The van der Waals surface area contributed by atoms with Gasteiger partial charge in [-0.1, -0.05) is 0 Å². The summed E-state index contributed by atoms with van der Waals surface area (Å²) >= 11 is 3.19. The number of carbonyl (C=O) groups is 1. The molecule has 0 fully saturated rings. The van der Waals surface area contributed by atoms with Crippen molar-refractivity contribution in [3.8, 4) is 6.07 Å². The molecular weight excluding hydrogens is 362 g/mol. The van der Waals surface area contributed by atoms with Crippen molar-refractivity contribution in [1.29, 1.82) is 5.26 Å². The van der Waals surface area contributed by atoms with Crippen molar-refractivity contribution >= 4 is 37.8 Å². The molecule has 0 atom stereocenters. The van der Waals surface area contributed by atoms with E-state index in [4.69, 9.17) is 5.26 Å². The van der Waals surface area contributed by atoms with Crippen LogP contribution in [-0.4, -0.2) is 39.4 Å². The predicted octanol–water partition coefficient (Wildman–Crippen LogP) is 1.47. The smallest absolute Gasteiger partial charge is 0.306 e. The Kier molecular flexibility index (Phi) is 6.14. The van der Waals surface area contributed by atoms with E-state index in [0.717, 1.165) is 4.31 Å². The van der Waals surface area contributed by atoms with Crippen molar-refractivity contribution < 1.29 is 17.9 Å². The number of methoxy groups -OCH3 is 1. The molecule has 1 N–H and O–H groups in total. The van der Waals surface area contributed by atoms with Gasteiger partial charge in [-0.3, -0.25) is 9.52 Å². The molecule has 0 amide bonds. The van der Waals surface area contributed by atoms with E-state index in [1.807, 2.05) is 6.07 Å². The number of esters is 1. The fourth-order valence-corrected chi connectivity index (χ4v) is 2.91. The monoisotopic (exact) mass is 375 g/mol. The van der Waals surface area contributed by atoms with Crippen LogP contribution in [0.1, 0.15) is 12.0 Å². The molecule has 0 aliphatic carbocycles. The van der Waals surface area contributed by atoms with Gasteiger partial charge in [0.25, 0.3) is 0 Å². The van der Waals surface area contributed by atoms with E-state index in [9.17, 15) is 13.2 Å². The summed E-state index contributed by atoms with van der Waals surface area (Å²) in [6.45, 7) is -0.00406. The number of anilines is 1. The Bertz CT molecular complexity index is 670. The molecule has 0 aliphatic heterocycles. The SMILES string of the molecule is COC(=O)CCN(C)S(=O)(=O)Nc1ccc(C#N)cc1Br. The molecule has 0 saturated heterocycles. The quantitative estimate of drug-likeness (QED) is 0.758. The van der Waals surface area contributed by atoms with E-state index in [1.165, 1.54) is 32.4 Å². The van der Waals surface area contributed by atoms with E-state index in [-0.39, 0.29) is 13.0 Å². The van der Waals surface area contributed by atoms with Crippen LogP contribution in [0.2, 0.25) is 0 Å². The highest BCUT2D eigenvalue weighted by Crippen LogP contribution is 2.24. The second kappa shape index (κ2) is 7.40. The van der Waals surface area contributed by atoms with E-state index in [0.29, 0.717) is 15.7 Å². The van der Waals surface area contributed by atoms with Gasteiger partial charge in [0, 0.05) is 18.1 Å². The van der Waals surface area contributed by atoms with Crippen LogP contribution in [0.15, 0.2) is 22.7 Å². The van der Waals surface area contributed by atoms with Crippen LogP contribution >= 0.6 is 15.9 Å². The van der Waals surface area contributed by atoms with Crippen LogP contribution in [0.4, 0.5) is 5.69 Å². The van der Waals surface area contributed by atoms with Crippen LogP contribution < -0.4 is 4.72 Å². The van der Waals surface area contributed by atoms with Crippen molar-refractivity contribution in [1.82, 2.24) is 4.31 Å². The van der Waals surface area contributed by atoms with E-state index >= 15 is 0 Å². The third-order valence-electron chi connectivity index (χ3n) is 2.61. The number of nitrogens with one attached hydrogen (secondary N) is 1. The van der Waals surface area contributed by atoms with Gasteiger partial charge in [0.15, 0.2) is 0 Å². The maximum Gasteiger partial charge on any atom is 0.306 e. The molecular formula is C12H14BrN3O4S. The van der Waals surface area contributed by atoms with Gasteiger partial charge in [-0.05, 0) is 34.1 Å². The van der Waals surface area contributed by atoms with Gasteiger partial charge in [-0.2, -0.15) is 18.0 Å². The maximum atomic E-state index is 12.1. The molecule has 114 valence electrons. The number of hydrogen-bond donors (Lipinski definition) is 1. The first-order valence-corrected chi connectivity index (χ1v) is 8.04. The van der Waals surface area contributed by atoms with E-state index < -0.39 is 16.2 Å². The normalized spacial score (nSPS) is 11.0. The topological polar surface area (TPSA) is 99.5 Å². The number of hydrogen-bond acceptors (Lipinski definition) is 5. The molecule has 21 heavy (non-hydrogen) atoms. The average molecular weight is 376 g/mol. The number of halogens is 1.